The number of hydrogen-bond donors (Lipinski definition) is 0. The Morgan fingerprint density at radius 3 is 2.65 bits per heavy atom. The van der Waals surface area contributed by atoms with E-state index in [1.807, 2.05) is 6.92 Å². The zero-order valence-electron chi connectivity index (χ0n) is 11.4. The number of ketones is 1. The first kappa shape index (κ1) is 12.6. The third kappa shape index (κ3) is 2.38. The summed E-state index contributed by atoms with van der Waals surface area (Å²) in [7, 11) is 0. The van der Waals surface area contributed by atoms with Crippen LogP contribution in [0.1, 0.15) is 52.9 Å². The van der Waals surface area contributed by atoms with Gasteiger partial charge >= 0.3 is 0 Å². The minimum atomic E-state index is 0.380. The highest BCUT2D eigenvalue weighted by atomic mass is 16.1. The molecule has 94 valence electrons. The number of Topliss-reactive ketones (excluding diaryl/α,β-unsaturated/α-hetero) is 1. The molecule has 3 unspecified atom stereocenters. The summed E-state index contributed by atoms with van der Waals surface area (Å²) in [6.07, 6.45) is 5.34. The van der Waals surface area contributed by atoms with Crippen LogP contribution in [0.4, 0.5) is 0 Å². The van der Waals surface area contributed by atoms with Crippen LogP contribution in [-0.2, 0) is 4.79 Å². The van der Waals surface area contributed by atoms with E-state index in [0.29, 0.717) is 24.0 Å². The first-order valence-corrected chi connectivity index (χ1v) is 6.89. The maximum absolute atomic E-state index is 12.1. The average molecular weight is 232 g/mol. The van der Waals surface area contributed by atoms with Crippen molar-refractivity contribution in [2.75, 3.05) is 0 Å². The highest BCUT2D eigenvalue weighted by Gasteiger charge is 2.34. The first-order valence-electron chi connectivity index (χ1n) is 6.89. The summed E-state index contributed by atoms with van der Waals surface area (Å²) >= 11 is 0. The van der Waals surface area contributed by atoms with Crippen LogP contribution < -0.4 is 0 Å². The topological polar surface area (TPSA) is 17.1 Å². The molecule has 1 heteroatoms. The molecule has 0 heterocycles. The van der Waals surface area contributed by atoms with Crippen LogP contribution in [0, 0.1) is 17.8 Å². The summed E-state index contributed by atoms with van der Waals surface area (Å²) in [5.41, 5.74) is 3.81. The van der Waals surface area contributed by atoms with Crippen molar-refractivity contribution in [1.82, 2.24) is 0 Å². The summed E-state index contributed by atoms with van der Waals surface area (Å²) in [5.74, 6) is 2.31. The van der Waals surface area contributed by atoms with Crippen LogP contribution in [-0.4, -0.2) is 5.78 Å². The summed E-state index contributed by atoms with van der Waals surface area (Å²) in [6, 6.07) is 0. The van der Waals surface area contributed by atoms with Crippen molar-refractivity contribution in [1.29, 1.82) is 0 Å². The molecule has 0 saturated heterocycles. The molecule has 0 aliphatic heterocycles. The van der Waals surface area contributed by atoms with Crippen molar-refractivity contribution in [2.45, 2.75) is 52.9 Å². The molecule has 0 aromatic carbocycles. The van der Waals surface area contributed by atoms with Crippen LogP contribution in [0.3, 0.4) is 0 Å². The summed E-state index contributed by atoms with van der Waals surface area (Å²) in [4.78, 5) is 12.1. The average Bonchev–Trinajstić information content (AvgIpc) is 2.62. The van der Waals surface area contributed by atoms with Gasteiger partial charge in [-0.05, 0) is 62.9 Å². The summed E-state index contributed by atoms with van der Waals surface area (Å²) in [6.45, 7) is 10.6. The maximum atomic E-state index is 12.1. The van der Waals surface area contributed by atoms with Crippen molar-refractivity contribution in [3.63, 3.8) is 0 Å². The van der Waals surface area contributed by atoms with Gasteiger partial charge in [0, 0.05) is 6.42 Å². The van der Waals surface area contributed by atoms with E-state index in [4.69, 9.17) is 0 Å². The molecule has 3 atom stereocenters. The monoisotopic (exact) mass is 232 g/mol. The number of fused-ring (bicyclic) bond motifs is 1. The molecule has 1 nitrogen and oxygen atoms in total. The lowest BCUT2D eigenvalue weighted by molar-refractivity contribution is -0.116. The summed E-state index contributed by atoms with van der Waals surface area (Å²) < 4.78 is 0. The van der Waals surface area contributed by atoms with Gasteiger partial charge in [-0.1, -0.05) is 24.6 Å². The Hall–Kier alpha value is -0.850. The summed E-state index contributed by atoms with van der Waals surface area (Å²) in [5, 5.41) is 0. The number of allylic oxidation sites excluding steroid dienone is 3. The Balaban J connectivity index is 2.33. The van der Waals surface area contributed by atoms with Crippen molar-refractivity contribution in [3.8, 4) is 0 Å². The zero-order valence-corrected chi connectivity index (χ0v) is 11.4. The van der Waals surface area contributed by atoms with E-state index >= 15 is 0 Å². The molecule has 0 radical (unpaired) electrons. The Bertz CT molecular complexity index is 375. The van der Waals surface area contributed by atoms with Gasteiger partial charge in [0.1, 0.15) is 0 Å². The Morgan fingerprint density at radius 2 is 2.00 bits per heavy atom. The van der Waals surface area contributed by atoms with Crippen molar-refractivity contribution >= 4 is 5.78 Å². The van der Waals surface area contributed by atoms with Gasteiger partial charge in [-0.15, -0.1) is 0 Å². The molecule has 0 spiro atoms. The molecule has 0 aromatic rings. The maximum Gasteiger partial charge on any atom is 0.158 e. The third-order valence-electron chi connectivity index (χ3n) is 4.86. The molecule has 2 aliphatic carbocycles. The molecule has 0 amide bonds. The molecule has 1 saturated carbocycles. The number of carbonyl (C=O) groups is 1. The predicted octanol–water partition coefficient (Wildman–Crippen LogP) is 4.29. The minimum Gasteiger partial charge on any atom is -0.295 e. The van der Waals surface area contributed by atoms with Gasteiger partial charge in [-0.25, -0.2) is 0 Å². The van der Waals surface area contributed by atoms with Crippen LogP contribution in [0.25, 0.3) is 0 Å². The van der Waals surface area contributed by atoms with Gasteiger partial charge in [-0.2, -0.15) is 0 Å². The minimum absolute atomic E-state index is 0.380. The van der Waals surface area contributed by atoms with E-state index in [2.05, 4.69) is 20.4 Å². The Morgan fingerprint density at radius 1 is 1.29 bits per heavy atom. The van der Waals surface area contributed by atoms with E-state index in [0.717, 1.165) is 24.3 Å². The number of hydrogen-bond acceptors (Lipinski definition) is 1. The molecule has 2 aliphatic rings. The molecule has 0 bridgehead atoms. The number of rotatable bonds is 1. The third-order valence-corrected chi connectivity index (χ3v) is 4.86. The van der Waals surface area contributed by atoms with Gasteiger partial charge in [-0.3, -0.25) is 4.79 Å². The molecule has 2 rings (SSSR count). The molecule has 0 aromatic heterocycles. The normalized spacial score (nSPS) is 34.3. The van der Waals surface area contributed by atoms with E-state index in [1.54, 1.807) is 0 Å². The van der Waals surface area contributed by atoms with Crippen molar-refractivity contribution in [3.05, 3.63) is 23.3 Å². The van der Waals surface area contributed by atoms with Crippen LogP contribution >= 0.6 is 0 Å². The Kier molecular flexibility index (Phi) is 3.56. The van der Waals surface area contributed by atoms with Gasteiger partial charge < -0.3 is 0 Å². The fraction of sp³-hybridized carbons (Fsp3) is 0.688. The quantitative estimate of drug-likeness (QED) is 0.616. The van der Waals surface area contributed by atoms with Gasteiger partial charge in [0.15, 0.2) is 5.78 Å². The molecule has 1 fully saturated rings. The molecule has 0 N–H and O–H groups in total. The second kappa shape index (κ2) is 4.80. The van der Waals surface area contributed by atoms with Gasteiger partial charge in [0.2, 0.25) is 0 Å². The molecular formula is C16H24O. The van der Waals surface area contributed by atoms with Gasteiger partial charge in [0.05, 0.1) is 0 Å². The van der Waals surface area contributed by atoms with Crippen molar-refractivity contribution in [2.24, 2.45) is 17.8 Å². The lowest BCUT2D eigenvalue weighted by atomic mass is 9.77. The largest absolute Gasteiger partial charge is 0.295 e. The highest BCUT2D eigenvalue weighted by molar-refractivity contribution is 5.95. The van der Waals surface area contributed by atoms with Gasteiger partial charge in [0.25, 0.3) is 0 Å². The number of carbonyl (C=O) groups excluding carboxylic acids is 1. The first-order chi connectivity index (χ1) is 8.00. The van der Waals surface area contributed by atoms with Crippen LogP contribution in [0.2, 0.25) is 0 Å². The predicted molar refractivity (Wildman–Crippen MR) is 71.8 cm³/mol. The standard InChI is InChI=1S/C16H24O/c1-10(2)13-6-8-16(17)12(4)14-7-5-11(3)15(14)9-13/h11,13,15H,1,5-9H2,2-4H3. The fourth-order valence-electron chi connectivity index (χ4n) is 3.50. The second-order valence-electron chi connectivity index (χ2n) is 6.01. The zero-order chi connectivity index (χ0) is 12.6. The Labute approximate surface area is 105 Å². The highest BCUT2D eigenvalue weighted by Crippen LogP contribution is 2.45. The van der Waals surface area contributed by atoms with E-state index in [-0.39, 0.29) is 0 Å². The van der Waals surface area contributed by atoms with E-state index in [9.17, 15) is 4.79 Å². The lowest BCUT2D eigenvalue weighted by Gasteiger charge is -2.28. The lowest BCUT2D eigenvalue weighted by Crippen LogP contribution is -2.19. The molecule has 17 heavy (non-hydrogen) atoms. The molecular weight excluding hydrogens is 208 g/mol. The van der Waals surface area contributed by atoms with E-state index in [1.165, 1.54) is 24.0 Å². The van der Waals surface area contributed by atoms with Crippen molar-refractivity contribution < 1.29 is 4.79 Å². The smallest absolute Gasteiger partial charge is 0.158 e. The SMILES string of the molecule is C=C(C)C1CCC(=O)C(C)=C2CCC(C)C2C1. The van der Waals surface area contributed by atoms with Crippen LogP contribution in [0.15, 0.2) is 23.3 Å². The van der Waals surface area contributed by atoms with Crippen LogP contribution in [0.5, 0.6) is 0 Å². The van der Waals surface area contributed by atoms with E-state index < -0.39 is 0 Å². The second-order valence-corrected chi connectivity index (χ2v) is 6.01. The fourth-order valence-corrected chi connectivity index (χ4v) is 3.50.